The van der Waals surface area contributed by atoms with Gasteiger partial charge in [0.05, 0.1) is 6.54 Å². The van der Waals surface area contributed by atoms with Gasteiger partial charge in [0.25, 0.3) is 5.91 Å². The summed E-state index contributed by atoms with van der Waals surface area (Å²) in [5.74, 6) is -2.76. The second-order valence-corrected chi connectivity index (χ2v) is 6.99. The molecule has 0 radical (unpaired) electrons. The van der Waals surface area contributed by atoms with E-state index in [2.05, 4.69) is 10.6 Å². The van der Waals surface area contributed by atoms with Crippen LogP contribution in [0.15, 0.2) is 24.3 Å². The molecule has 0 saturated carbocycles. The minimum absolute atomic E-state index is 0.0942. The first-order chi connectivity index (χ1) is 13.8. The summed E-state index contributed by atoms with van der Waals surface area (Å²) in [4.78, 5) is 49.0. The molecule has 158 valence electrons. The summed E-state index contributed by atoms with van der Waals surface area (Å²) in [5, 5.41) is 13.8. The van der Waals surface area contributed by atoms with Crippen molar-refractivity contribution >= 4 is 23.6 Å². The molecule has 4 amide bonds. The largest absolute Gasteiger partial charge is 0.349 e. The zero-order valence-electron chi connectivity index (χ0n) is 16.1. The fourth-order valence-electron chi connectivity index (χ4n) is 3.01. The summed E-state index contributed by atoms with van der Waals surface area (Å²) < 4.78 is 12.9. The number of rotatable bonds is 7. The zero-order chi connectivity index (χ0) is 21.4. The maximum Gasteiger partial charge on any atom is 0.251 e. The van der Waals surface area contributed by atoms with Crippen molar-refractivity contribution in [2.75, 3.05) is 19.6 Å². The van der Waals surface area contributed by atoms with Crippen molar-refractivity contribution < 1.29 is 28.8 Å². The molecule has 1 saturated heterocycles. The Morgan fingerprint density at radius 1 is 1.17 bits per heavy atom. The smallest absolute Gasteiger partial charge is 0.251 e. The monoisotopic (exact) mass is 408 g/mol. The first-order valence-electron chi connectivity index (χ1n) is 9.35. The molecular weight excluding hydrogens is 383 g/mol. The molecule has 1 aliphatic rings. The van der Waals surface area contributed by atoms with E-state index in [9.17, 15) is 23.6 Å². The highest BCUT2D eigenvalue weighted by Crippen LogP contribution is 2.12. The van der Waals surface area contributed by atoms with E-state index in [4.69, 9.17) is 5.21 Å². The molecule has 1 fully saturated rings. The highest BCUT2D eigenvalue weighted by molar-refractivity contribution is 5.94. The molecule has 0 aromatic heterocycles. The standard InChI is InChI=1S/C19H25FN4O5/c1-12(10-16(25)23-29)18(27)21-11-17(26)24-8-6-15(7-9-24)22-19(28)13-2-4-14(20)5-3-13/h2-5,12,15,29H,6-11H2,1H3,(H,21,27)(H,22,28)(H,23,25)/t12-/m1/s1. The lowest BCUT2D eigenvalue weighted by atomic mass is 10.0. The molecule has 0 aliphatic carbocycles. The number of amides is 4. The molecule has 29 heavy (non-hydrogen) atoms. The minimum Gasteiger partial charge on any atom is -0.349 e. The molecule has 0 spiro atoms. The Kier molecular flexibility index (Phi) is 8.08. The molecule has 1 aromatic rings. The predicted octanol–water partition coefficient (Wildman–Crippen LogP) is 0.194. The summed E-state index contributed by atoms with van der Waals surface area (Å²) in [6.07, 6.45) is 0.953. The molecule has 4 N–H and O–H groups in total. The molecule has 1 aliphatic heterocycles. The lowest BCUT2D eigenvalue weighted by Crippen LogP contribution is -2.49. The number of hydrogen-bond donors (Lipinski definition) is 4. The first-order valence-corrected chi connectivity index (χ1v) is 9.35. The summed E-state index contributed by atoms with van der Waals surface area (Å²) in [6.45, 7) is 2.21. The summed E-state index contributed by atoms with van der Waals surface area (Å²) in [7, 11) is 0. The van der Waals surface area contributed by atoms with Crippen LogP contribution in [0.5, 0.6) is 0 Å². The zero-order valence-corrected chi connectivity index (χ0v) is 16.1. The van der Waals surface area contributed by atoms with Gasteiger partial charge in [-0.1, -0.05) is 6.92 Å². The minimum atomic E-state index is -0.678. The van der Waals surface area contributed by atoms with Gasteiger partial charge in [-0.25, -0.2) is 9.87 Å². The van der Waals surface area contributed by atoms with E-state index >= 15 is 0 Å². The lowest BCUT2D eigenvalue weighted by molar-refractivity contribution is -0.136. The molecule has 1 aromatic carbocycles. The fraction of sp³-hybridized carbons (Fsp3) is 0.474. The summed E-state index contributed by atoms with van der Waals surface area (Å²) in [5.41, 5.74) is 1.83. The number of hydrogen-bond acceptors (Lipinski definition) is 5. The number of piperidine rings is 1. The van der Waals surface area contributed by atoms with Crippen molar-refractivity contribution in [2.45, 2.75) is 32.2 Å². The number of benzene rings is 1. The SMILES string of the molecule is C[C@H](CC(=O)NO)C(=O)NCC(=O)N1CCC(NC(=O)c2ccc(F)cc2)CC1. The van der Waals surface area contributed by atoms with Crippen LogP contribution in [0.3, 0.4) is 0 Å². The van der Waals surface area contributed by atoms with Crippen LogP contribution < -0.4 is 16.1 Å². The van der Waals surface area contributed by atoms with Gasteiger partial charge in [0.1, 0.15) is 5.82 Å². The Hall–Kier alpha value is -3.01. The van der Waals surface area contributed by atoms with E-state index in [1.807, 2.05) is 0 Å². The highest BCUT2D eigenvalue weighted by Gasteiger charge is 2.25. The second kappa shape index (κ2) is 10.5. The van der Waals surface area contributed by atoms with Gasteiger partial charge < -0.3 is 15.5 Å². The van der Waals surface area contributed by atoms with Gasteiger partial charge in [0, 0.05) is 37.0 Å². The first kappa shape index (κ1) is 22.3. The van der Waals surface area contributed by atoms with E-state index in [1.54, 1.807) is 4.90 Å². The molecular formula is C19H25FN4O5. The second-order valence-electron chi connectivity index (χ2n) is 6.99. The molecule has 2 rings (SSSR count). The van der Waals surface area contributed by atoms with Crippen LogP contribution in [0.2, 0.25) is 0 Å². The average Bonchev–Trinajstić information content (AvgIpc) is 2.72. The van der Waals surface area contributed by atoms with Crippen molar-refractivity contribution in [3.8, 4) is 0 Å². The van der Waals surface area contributed by atoms with Crippen molar-refractivity contribution in [2.24, 2.45) is 5.92 Å². The number of halogens is 1. The van der Waals surface area contributed by atoms with Gasteiger partial charge in [-0.3, -0.25) is 24.4 Å². The number of carbonyl (C=O) groups excluding carboxylic acids is 4. The topological polar surface area (TPSA) is 128 Å². The Bertz CT molecular complexity index is 747. The maximum atomic E-state index is 12.9. The normalized spacial score (nSPS) is 15.3. The van der Waals surface area contributed by atoms with Crippen LogP contribution in [-0.2, 0) is 14.4 Å². The van der Waals surface area contributed by atoms with Crippen LogP contribution in [0.25, 0.3) is 0 Å². The van der Waals surface area contributed by atoms with Crippen LogP contribution in [-0.4, -0.2) is 59.4 Å². The predicted molar refractivity (Wildman–Crippen MR) is 100 cm³/mol. The number of hydroxylamine groups is 1. The Balaban J connectivity index is 1.72. The van der Waals surface area contributed by atoms with Crippen LogP contribution >= 0.6 is 0 Å². The number of carbonyl (C=O) groups is 4. The summed E-state index contributed by atoms with van der Waals surface area (Å²) in [6, 6.07) is 5.18. The summed E-state index contributed by atoms with van der Waals surface area (Å²) >= 11 is 0. The van der Waals surface area contributed by atoms with Gasteiger partial charge in [-0.15, -0.1) is 0 Å². The Labute approximate surface area is 167 Å². The average molecular weight is 408 g/mol. The van der Waals surface area contributed by atoms with Gasteiger partial charge in [-0.05, 0) is 37.1 Å². The van der Waals surface area contributed by atoms with E-state index in [0.717, 1.165) is 0 Å². The quantitative estimate of drug-likeness (QED) is 0.378. The molecule has 1 heterocycles. The van der Waals surface area contributed by atoms with Crippen LogP contribution in [0.1, 0.15) is 36.5 Å². The van der Waals surface area contributed by atoms with Crippen molar-refractivity contribution in [1.82, 2.24) is 21.0 Å². The van der Waals surface area contributed by atoms with E-state index in [-0.39, 0.29) is 30.8 Å². The third-order valence-corrected chi connectivity index (χ3v) is 4.77. The molecule has 0 unspecified atom stereocenters. The molecule has 0 bridgehead atoms. The van der Waals surface area contributed by atoms with Gasteiger partial charge in [-0.2, -0.15) is 0 Å². The van der Waals surface area contributed by atoms with E-state index in [1.165, 1.54) is 36.7 Å². The number of nitrogens with zero attached hydrogens (tertiary/aromatic N) is 1. The van der Waals surface area contributed by atoms with Gasteiger partial charge in [0.2, 0.25) is 17.7 Å². The third kappa shape index (κ3) is 6.83. The molecule has 1 atom stereocenters. The lowest BCUT2D eigenvalue weighted by Gasteiger charge is -2.32. The fourth-order valence-corrected chi connectivity index (χ4v) is 3.01. The van der Waals surface area contributed by atoms with E-state index in [0.29, 0.717) is 31.5 Å². The van der Waals surface area contributed by atoms with Crippen molar-refractivity contribution in [3.63, 3.8) is 0 Å². The molecule has 9 nitrogen and oxygen atoms in total. The highest BCUT2D eigenvalue weighted by atomic mass is 19.1. The van der Waals surface area contributed by atoms with Gasteiger partial charge >= 0.3 is 0 Å². The Morgan fingerprint density at radius 2 is 1.79 bits per heavy atom. The van der Waals surface area contributed by atoms with Crippen LogP contribution in [0.4, 0.5) is 4.39 Å². The Morgan fingerprint density at radius 3 is 2.38 bits per heavy atom. The van der Waals surface area contributed by atoms with Crippen LogP contribution in [0, 0.1) is 11.7 Å². The van der Waals surface area contributed by atoms with Crippen molar-refractivity contribution in [1.29, 1.82) is 0 Å². The van der Waals surface area contributed by atoms with Crippen molar-refractivity contribution in [3.05, 3.63) is 35.6 Å². The maximum absolute atomic E-state index is 12.9. The van der Waals surface area contributed by atoms with Gasteiger partial charge in [0.15, 0.2) is 0 Å². The molecule has 10 heteroatoms. The van der Waals surface area contributed by atoms with E-state index < -0.39 is 23.5 Å². The number of nitrogens with one attached hydrogen (secondary N) is 3. The third-order valence-electron chi connectivity index (χ3n) is 4.77. The number of likely N-dealkylation sites (tertiary alicyclic amines) is 1.